The Morgan fingerprint density at radius 2 is 1.61 bits per heavy atom. The summed E-state index contributed by atoms with van der Waals surface area (Å²) in [5.41, 5.74) is 1.73. The van der Waals surface area contributed by atoms with Gasteiger partial charge in [0.25, 0.3) is 0 Å². The smallest absolute Gasteiger partial charge is 0.247 e. The molecule has 0 spiro atoms. The molecular weight excluding hydrogens is 436 g/mol. The van der Waals surface area contributed by atoms with Crippen molar-refractivity contribution in [3.05, 3.63) is 83.4 Å². The number of sulfonamides is 1. The first kappa shape index (κ1) is 22.7. The van der Waals surface area contributed by atoms with Crippen LogP contribution in [-0.4, -0.2) is 26.6 Å². The van der Waals surface area contributed by atoms with Crippen LogP contribution >= 0.6 is 11.6 Å². The lowest BCUT2D eigenvalue weighted by molar-refractivity contribution is -0.116. The predicted octanol–water partition coefficient (Wildman–Crippen LogP) is 5.23. The number of amides is 1. The zero-order valence-corrected chi connectivity index (χ0v) is 18.9. The Kier molecular flexibility index (Phi) is 6.87. The molecule has 0 aliphatic heterocycles. The van der Waals surface area contributed by atoms with Crippen molar-refractivity contribution in [3.8, 4) is 11.5 Å². The van der Waals surface area contributed by atoms with Crippen molar-refractivity contribution in [1.29, 1.82) is 0 Å². The first-order chi connectivity index (χ1) is 14.6. The lowest BCUT2D eigenvalue weighted by Crippen LogP contribution is -2.45. The molecule has 0 saturated heterocycles. The van der Waals surface area contributed by atoms with E-state index in [0.717, 1.165) is 16.1 Å². The fraction of sp³-hybridized carbons (Fsp3) is 0.174. The van der Waals surface area contributed by atoms with E-state index in [1.54, 1.807) is 42.5 Å². The number of carbonyl (C=O) groups excluding carboxylic acids is 1. The molecule has 3 aromatic carbocycles. The summed E-state index contributed by atoms with van der Waals surface area (Å²) in [6.45, 7) is 3.38. The topological polar surface area (TPSA) is 75.7 Å². The number of nitrogens with zero attached hydrogens (tertiary/aromatic N) is 1. The fourth-order valence-electron chi connectivity index (χ4n) is 3.01. The van der Waals surface area contributed by atoms with Crippen LogP contribution in [-0.2, 0) is 14.8 Å². The number of ether oxygens (including phenoxy) is 1. The molecule has 0 saturated carbocycles. The molecule has 3 aromatic rings. The van der Waals surface area contributed by atoms with Gasteiger partial charge in [-0.15, -0.1) is 0 Å². The fourth-order valence-corrected chi connectivity index (χ4v) is 4.37. The van der Waals surface area contributed by atoms with E-state index in [9.17, 15) is 13.2 Å². The second-order valence-electron chi connectivity index (χ2n) is 7.10. The standard InChI is InChI=1S/C23H23ClN2O4S/c1-16-9-10-18(15-22(16)24)25-23(27)17(2)26(31(3,28)29)19-11-13-21(14-12-19)30-20-7-5-4-6-8-20/h4-15,17H,1-3H3,(H,25,27)/t17-/m0/s1. The van der Waals surface area contributed by atoms with Crippen LogP contribution in [0.5, 0.6) is 11.5 Å². The first-order valence-electron chi connectivity index (χ1n) is 9.54. The highest BCUT2D eigenvalue weighted by Crippen LogP contribution is 2.27. The van der Waals surface area contributed by atoms with E-state index in [1.807, 2.05) is 37.3 Å². The van der Waals surface area contributed by atoms with E-state index in [0.29, 0.717) is 27.9 Å². The third-order valence-electron chi connectivity index (χ3n) is 4.60. The van der Waals surface area contributed by atoms with Gasteiger partial charge in [-0.1, -0.05) is 35.9 Å². The normalized spacial score (nSPS) is 12.1. The SMILES string of the molecule is Cc1ccc(NC(=O)[C@H](C)N(c2ccc(Oc3ccccc3)cc2)S(C)(=O)=O)cc1Cl. The predicted molar refractivity (Wildman–Crippen MR) is 125 cm³/mol. The van der Waals surface area contributed by atoms with Crippen molar-refractivity contribution in [2.45, 2.75) is 19.9 Å². The Balaban J connectivity index is 1.80. The second kappa shape index (κ2) is 9.41. The summed E-state index contributed by atoms with van der Waals surface area (Å²) in [5.74, 6) is 0.740. The summed E-state index contributed by atoms with van der Waals surface area (Å²) in [7, 11) is -3.74. The summed E-state index contributed by atoms with van der Waals surface area (Å²) in [6.07, 6.45) is 1.06. The van der Waals surface area contributed by atoms with Crippen molar-refractivity contribution in [2.75, 3.05) is 15.9 Å². The van der Waals surface area contributed by atoms with Gasteiger partial charge in [0.05, 0.1) is 11.9 Å². The molecule has 8 heteroatoms. The van der Waals surface area contributed by atoms with Crippen molar-refractivity contribution in [3.63, 3.8) is 0 Å². The Morgan fingerprint density at radius 3 is 2.19 bits per heavy atom. The number of anilines is 2. The summed E-state index contributed by atoms with van der Waals surface area (Å²) in [6, 6.07) is 19.9. The first-order valence-corrected chi connectivity index (χ1v) is 11.8. The van der Waals surface area contributed by atoms with Gasteiger partial charge < -0.3 is 10.1 Å². The molecule has 0 unspecified atom stereocenters. The largest absolute Gasteiger partial charge is 0.457 e. The average Bonchev–Trinajstić information content (AvgIpc) is 2.72. The third-order valence-corrected chi connectivity index (χ3v) is 6.25. The van der Waals surface area contributed by atoms with Gasteiger partial charge in [-0.3, -0.25) is 9.10 Å². The quantitative estimate of drug-likeness (QED) is 0.525. The molecule has 0 aromatic heterocycles. The Labute approximate surface area is 187 Å². The molecule has 6 nitrogen and oxygen atoms in total. The minimum atomic E-state index is -3.74. The van der Waals surface area contributed by atoms with E-state index < -0.39 is 22.0 Å². The highest BCUT2D eigenvalue weighted by Gasteiger charge is 2.29. The lowest BCUT2D eigenvalue weighted by Gasteiger charge is -2.28. The molecule has 1 atom stereocenters. The van der Waals surface area contributed by atoms with E-state index in [4.69, 9.17) is 16.3 Å². The van der Waals surface area contributed by atoms with Gasteiger partial charge in [-0.25, -0.2) is 8.42 Å². The lowest BCUT2D eigenvalue weighted by atomic mass is 10.2. The Bertz CT molecular complexity index is 1170. The van der Waals surface area contributed by atoms with Gasteiger partial charge in [0.15, 0.2) is 0 Å². The van der Waals surface area contributed by atoms with Gasteiger partial charge in [0, 0.05) is 10.7 Å². The number of rotatable bonds is 7. The van der Waals surface area contributed by atoms with Crippen LogP contribution in [0.1, 0.15) is 12.5 Å². The molecule has 3 rings (SSSR count). The average molecular weight is 459 g/mol. The number of halogens is 1. The van der Waals surface area contributed by atoms with Gasteiger partial charge in [-0.05, 0) is 67.9 Å². The number of carbonyl (C=O) groups is 1. The van der Waals surface area contributed by atoms with Crippen LogP contribution in [0.4, 0.5) is 11.4 Å². The Morgan fingerprint density at radius 1 is 1.00 bits per heavy atom. The highest BCUT2D eigenvalue weighted by atomic mass is 35.5. The Hall–Kier alpha value is -3.03. The molecule has 0 heterocycles. The van der Waals surface area contributed by atoms with Crippen molar-refractivity contribution in [2.24, 2.45) is 0 Å². The van der Waals surface area contributed by atoms with Crippen molar-refractivity contribution < 1.29 is 17.9 Å². The molecule has 0 radical (unpaired) electrons. The zero-order valence-electron chi connectivity index (χ0n) is 17.4. The monoisotopic (exact) mass is 458 g/mol. The number of benzene rings is 3. The summed E-state index contributed by atoms with van der Waals surface area (Å²) >= 11 is 6.11. The van der Waals surface area contributed by atoms with E-state index in [1.165, 1.54) is 6.92 Å². The molecule has 0 aliphatic carbocycles. The third kappa shape index (κ3) is 5.77. The van der Waals surface area contributed by atoms with Crippen LogP contribution in [0, 0.1) is 6.92 Å². The molecule has 1 amide bonds. The van der Waals surface area contributed by atoms with Crippen LogP contribution in [0.25, 0.3) is 0 Å². The number of nitrogens with one attached hydrogen (secondary N) is 1. The van der Waals surface area contributed by atoms with Gasteiger partial charge in [0.1, 0.15) is 17.5 Å². The number of hydrogen-bond donors (Lipinski definition) is 1. The summed E-state index contributed by atoms with van der Waals surface area (Å²) < 4.78 is 31.8. The molecule has 0 fully saturated rings. The molecule has 0 aliphatic rings. The number of para-hydroxylation sites is 1. The number of aryl methyl sites for hydroxylation is 1. The minimum Gasteiger partial charge on any atom is -0.457 e. The second-order valence-corrected chi connectivity index (χ2v) is 9.36. The van der Waals surface area contributed by atoms with E-state index in [-0.39, 0.29) is 0 Å². The maximum Gasteiger partial charge on any atom is 0.247 e. The van der Waals surface area contributed by atoms with Crippen LogP contribution in [0.3, 0.4) is 0 Å². The van der Waals surface area contributed by atoms with Crippen molar-refractivity contribution in [1.82, 2.24) is 0 Å². The van der Waals surface area contributed by atoms with Crippen LogP contribution in [0.15, 0.2) is 72.8 Å². The van der Waals surface area contributed by atoms with Crippen LogP contribution < -0.4 is 14.4 Å². The zero-order chi connectivity index (χ0) is 22.6. The molecule has 1 N–H and O–H groups in total. The van der Waals surface area contributed by atoms with Gasteiger partial charge >= 0.3 is 0 Å². The minimum absolute atomic E-state index is 0.354. The maximum absolute atomic E-state index is 12.8. The highest BCUT2D eigenvalue weighted by molar-refractivity contribution is 7.92. The molecular formula is C23H23ClN2O4S. The maximum atomic E-state index is 12.8. The van der Waals surface area contributed by atoms with Gasteiger partial charge in [0.2, 0.25) is 15.9 Å². The van der Waals surface area contributed by atoms with E-state index >= 15 is 0 Å². The van der Waals surface area contributed by atoms with Crippen LogP contribution in [0.2, 0.25) is 5.02 Å². The van der Waals surface area contributed by atoms with Crippen molar-refractivity contribution >= 4 is 38.9 Å². The number of hydrogen-bond acceptors (Lipinski definition) is 4. The molecule has 31 heavy (non-hydrogen) atoms. The summed E-state index contributed by atoms with van der Waals surface area (Å²) in [4.78, 5) is 12.8. The molecule has 162 valence electrons. The van der Waals surface area contributed by atoms with E-state index in [2.05, 4.69) is 5.32 Å². The summed E-state index contributed by atoms with van der Waals surface area (Å²) in [5, 5.41) is 3.24. The van der Waals surface area contributed by atoms with Gasteiger partial charge in [-0.2, -0.15) is 0 Å². The molecule has 0 bridgehead atoms.